The molecule has 0 aromatic carbocycles. The molecule has 2 atom stereocenters. The van der Waals surface area contributed by atoms with Gasteiger partial charge in [-0.3, -0.25) is 4.79 Å². The number of carbonyl (C=O) groups is 1. The van der Waals surface area contributed by atoms with Crippen LogP contribution in [0, 0.1) is 11.8 Å². The number of hydrogen-bond donors (Lipinski definition) is 0. The van der Waals surface area contributed by atoms with Gasteiger partial charge in [-0.05, 0) is 0 Å². The molecule has 0 radical (unpaired) electrons. The Morgan fingerprint density at radius 1 is 1.42 bits per heavy atom. The smallest absolute Gasteiger partial charge is 0.237 e. The van der Waals surface area contributed by atoms with Gasteiger partial charge in [0.1, 0.15) is 5.88 Å². The van der Waals surface area contributed by atoms with Gasteiger partial charge in [-0.15, -0.1) is 11.6 Å². The van der Waals surface area contributed by atoms with Gasteiger partial charge in [0.25, 0.3) is 0 Å². The van der Waals surface area contributed by atoms with Gasteiger partial charge in [-0.2, -0.15) is 0 Å². The van der Waals surface area contributed by atoms with Gasteiger partial charge < -0.3 is 9.64 Å². The van der Waals surface area contributed by atoms with Crippen LogP contribution in [0.1, 0.15) is 0 Å². The van der Waals surface area contributed by atoms with Crippen LogP contribution in [0.15, 0.2) is 0 Å². The molecule has 1 amide bonds. The van der Waals surface area contributed by atoms with Crippen molar-refractivity contribution in [2.45, 2.75) is 0 Å². The van der Waals surface area contributed by atoms with Crippen molar-refractivity contribution in [1.82, 2.24) is 4.90 Å². The minimum Gasteiger partial charge on any atom is -0.381 e. The molecule has 0 saturated carbocycles. The molecule has 0 aliphatic carbocycles. The molecule has 0 N–H and O–H groups in total. The summed E-state index contributed by atoms with van der Waals surface area (Å²) in [4.78, 5) is 13.1. The summed E-state index contributed by atoms with van der Waals surface area (Å²) < 4.78 is 5.30. The van der Waals surface area contributed by atoms with Crippen molar-refractivity contribution in [2.75, 3.05) is 32.2 Å². The maximum absolute atomic E-state index is 11.2. The lowest BCUT2D eigenvalue weighted by Gasteiger charge is -2.15. The van der Waals surface area contributed by atoms with E-state index in [0.717, 1.165) is 26.3 Å². The first kappa shape index (κ1) is 8.32. The summed E-state index contributed by atoms with van der Waals surface area (Å²) in [6, 6.07) is 0. The van der Waals surface area contributed by atoms with Crippen LogP contribution in [0.25, 0.3) is 0 Å². The highest BCUT2D eigenvalue weighted by Crippen LogP contribution is 2.28. The number of rotatable bonds is 1. The number of alkyl halides is 1. The third-order valence-electron chi connectivity index (χ3n) is 2.71. The number of nitrogens with zero attached hydrogens (tertiary/aromatic N) is 1. The third-order valence-corrected chi connectivity index (χ3v) is 2.94. The fraction of sp³-hybridized carbons (Fsp3) is 0.875. The van der Waals surface area contributed by atoms with Gasteiger partial charge in [0.2, 0.25) is 5.91 Å². The standard InChI is InChI=1S/C8H12ClNO2/c9-1-8(11)10-2-6-4-12-5-7(6)3-10/h6-7H,1-5H2/t6-,7-/m0/s1. The number of ether oxygens (including phenoxy) is 1. The molecular formula is C8H12ClNO2. The van der Waals surface area contributed by atoms with Crippen molar-refractivity contribution in [3.05, 3.63) is 0 Å². The van der Waals surface area contributed by atoms with Gasteiger partial charge in [-0.1, -0.05) is 0 Å². The van der Waals surface area contributed by atoms with Gasteiger partial charge in [0, 0.05) is 24.9 Å². The zero-order valence-electron chi connectivity index (χ0n) is 6.83. The normalized spacial score (nSPS) is 33.9. The lowest BCUT2D eigenvalue weighted by Crippen LogP contribution is -2.31. The summed E-state index contributed by atoms with van der Waals surface area (Å²) in [6.07, 6.45) is 0. The van der Waals surface area contributed by atoms with Crippen molar-refractivity contribution in [2.24, 2.45) is 11.8 Å². The molecule has 0 unspecified atom stereocenters. The molecule has 2 saturated heterocycles. The van der Waals surface area contributed by atoms with Crippen LogP contribution in [0.4, 0.5) is 0 Å². The largest absolute Gasteiger partial charge is 0.381 e. The lowest BCUT2D eigenvalue weighted by molar-refractivity contribution is -0.127. The van der Waals surface area contributed by atoms with Crippen LogP contribution in [-0.2, 0) is 9.53 Å². The Labute approximate surface area is 76.6 Å². The first-order valence-electron chi connectivity index (χ1n) is 4.22. The Kier molecular flexibility index (Phi) is 2.24. The predicted molar refractivity (Wildman–Crippen MR) is 45.1 cm³/mol. The Bertz CT molecular complexity index is 185. The Balaban J connectivity index is 1.94. The molecule has 68 valence electrons. The maximum Gasteiger partial charge on any atom is 0.237 e. The van der Waals surface area contributed by atoms with E-state index in [-0.39, 0.29) is 11.8 Å². The van der Waals surface area contributed by atoms with Crippen LogP contribution < -0.4 is 0 Å². The number of fused-ring (bicyclic) bond motifs is 1. The zero-order chi connectivity index (χ0) is 8.55. The summed E-state index contributed by atoms with van der Waals surface area (Å²) in [5, 5.41) is 0. The number of amides is 1. The molecule has 3 nitrogen and oxygen atoms in total. The molecule has 0 spiro atoms. The summed E-state index contributed by atoms with van der Waals surface area (Å²) in [5.74, 6) is 1.31. The van der Waals surface area contributed by atoms with Crippen LogP contribution in [-0.4, -0.2) is 43.0 Å². The van der Waals surface area contributed by atoms with Crippen molar-refractivity contribution in [1.29, 1.82) is 0 Å². The average Bonchev–Trinajstić information content (AvgIpc) is 2.60. The van der Waals surface area contributed by atoms with Gasteiger partial charge >= 0.3 is 0 Å². The Morgan fingerprint density at radius 3 is 2.50 bits per heavy atom. The average molecular weight is 190 g/mol. The van der Waals surface area contributed by atoms with Gasteiger partial charge in [-0.25, -0.2) is 0 Å². The van der Waals surface area contributed by atoms with E-state index in [4.69, 9.17) is 16.3 Å². The third kappa shape index (κ3) is 1.31. The van der Waals surface area contributed by atoms with E-state index in [0.29, 0.717) is 11.8 Å². The maximum atomic E-state index is 11.2. The van der Waals surface area contributed by atoms with Crippen molar-refractivity contribution >= 4 is 17.5 Å². The van der Waals surface area contributed by atoms with E-state index in [9.17, 15) is 4.79 Å². The molecule has 2 aliphatic heterocycles. The van der Waals surface area contributed by atoms with E-state index in [1.54, 1.807) is 0 Å². The quantitative estimate of drug-likeness (QED) is 0.557. The molecule has 0 aromatic rings. The fourth-order valence-corrected chi connectivity index (χ4v) is 2.14. The summed E-state index contributed by atoms with van der Waals surface area (Å²) in [5.41, 5.74) is 0. The number of halogens is 1. The minimum atomic E-state index is 0.0612. The molecule has 0 bridgehead atoms. The first-order chi connectivity index (χ1) is 5.81. The van der Waals surface area contributed by atoms with Crippen LogP contribution in [0.5, 0.6) is 0 Å². The lowest BCUT2D eigenvalue weighted by atomic mass is 10.0. The van der Waals surface area contributed by atoms with Crippen LogP contribution >= 0.6 is 11.6 Å². The second-order valence-corrected chi connectivity index (χ2v) is 3.76. The monoisotopic (exact) mass is 189 g/mol. The molecule has 12 heavy (non-hydrogen) atoms. The highest BCUT2D eigenvalue weighted by atomic mass is 35.5. The topological polar surface area (TPSA) is 29.5 Å². The summed E-state index contributed by atoms with van der Waals surface area (Å²) >= 11 is 5.47. The molecular weight excluding hydrogens is 178 g/mol. The summed E-state index contributed by atoms with van der Waals surface area (Å²) in [7, 11) is 0. The van der Waals surface area contributed by atoms with E-state index in [1.165, 1.54) is 0 Å². The molecule has 0 aromatic heterocycles. The highest BCUT2D eigenvalue weighted by molar-refractivity contribution is 6.27. The van der Waals surface area contributed by atoms with E-state index in [2.05, 4.69) is 0 Å². The van der Waals surface area contributed by atoms with Crippen molar-refractivity contribution in [3.63, 3.8) is 0 Å². The Morgan fingerprint density at radius 2 is 2.00 bits per heavy atom. The highest BCUT2D eigenvalue weighted by Gasteiger charge is 2.38. The van der Waals surface area contributed by atoms with Crippen LogP contribution in [0.2, 0.25) is 0 Å². The predicted octanol–water partition coefficient (Wildman–Crippen LogP) is 0.330. The molecule has 2 aliphatic rings. The number of carbonyl (C=O) groups excluding carboxylic acids is 1. The zero-order valence-corrected chi connectivity index (χ0v) is 7.59. The van der Waals surface area contributed by atoms with Crippen molar-refractivity contribution in [3.8, 4) is 0 Å². The second-order valence-electron chi connectivity index (χ2n) is 3.49. The molecule has 2 heterocycles. The summed E-state index contributed by atoms with van der Waals surface area (Å²) in [6.45, 7) is 3.32. The van der Waals surface area contributed by atoms with Crippen molar-refractivity contribution < 1.29 is 9.53 Å². The molecule has 2 rings (SSSR count). The second kappa shape index (κ2) is 3.23. The molecule has 4 heteroatoms. The van der Waals surface area contributed by atoms with Crippen LogP contribution in [0.3, 0.4) is 0 Å². The minimum absolute atomic E-state index is 0.0612. The Hall–Kier alpha value is -0.280. The first-order valence-corrected chi connectivity index (χ1v) is 4.76. The van der Waals surface area contributed by atoms with E-state index in [1.807, 2.05) is 4.90 Å². The number of likely N-dealkylation sites (tertiary alicyclic amines) is 1. The SMILES string of the molecule is O=C(CCl)N1C[C@H]2COC[C@@H]2C1. The fourth-order valence-electron chi connectivity index (χ4n) is 1.98. The van der Waals surface area contributed by atoms with Gasteiger partial charge in [0.15, 0.2) is 0 Å². The van der Waals surface area contributed by atoms with E-state index < -0.39 is 0 Å². The van der Waals surface area contributed by atoms with E-state index >= 15 is 0 Å². The molecule has 2 fully saturated rings. The van der Waals surface area contributed by atoms with Gasteiger partial charge in [0.05, 0.1) is 13.2 Å². The number of hydrogen-bond acceptors (Lipinski definition) is 2.